The second kappa shape index (κ2) is 6.84. The molecule has 2 aliphatic heterocycles. The predicted octanol–water partition coefficient (Wildman–Crippen LogP) is 4.48. The van der Waals surface area contributed by atoms with Gasteiger partial charge in [-0.15, -0.1) is 0 Å². The molecule has 1 atom stereocenters. The van der Waals surface area contributed by atoms with Crippen LogP contribution in [0.3, 0.4) is 0 Å². The van der Waals surface area contributed by atoms with E-state index in [-0.39, 0.29) is 12.1 Å². The minimum absolute atomic E-state index is 0.0370. The van der Waals surface area contributed by atoms with Crippen LogP contribution < -0.4 is 14.8 Å². The van der Waals surface area contributed by atoms with Crippen LogP contribution in [0.25, 0.3) is 0 Å². The zero-order valence-corrected chi connectivity index (χ0v) is 14.5. The van der Waals surface area contributed by atoms with E-state index in [4.69, 9.17) is 21.1 Å². The monoisotopic (exact) mass is 358 g/mol. The largest absolute Gasteiger partial charge is 0.486 e. The molecule has 0 radical (unpaired) electrons. The number of likely N-dealkylation sites (tertiary alicyclic amines) is 1. The van der Waals surface area contributed by atoms with Crippen LogP contribution >= 0.6 is 11.6 Å². The Morgan fingerprint density at radius 2 is 1.96 bits per heavy atom. The Kier molecular flexibility index (Phi) is 4.40. The van der Waals surface area contributed by atoms with Crippen molar-refractivity contribution in [2.45, 2.75) is 18.9 Å². The van der Waals surface area contributed by atoms with E-state index in [9.17, 15) is 4.79 Å². The molecule has 2 aliphatic rings. The number of benzene rings is 2. The average molecular weight is 359 g/mol. The normalized spacial score (nSPS) is 18.9. The van der Waals surface area contributed by atoms with Crippen LogP contribution in [0.2, 0.25) is 5.02 Å². The summed E-state index contributed by atoms with van der Waals surface area (Å²) in [5.74, 6) is 1.52. The molecule has 4 rings (SSSR count). The number of rotatable bonds is 2. The fourth-order valence-electron chi connectivity index (χ4n) is 3.39. The molecule has 25 heavy (non-hydrogen) atoms. The van der Waals surface area contributed by atoms with Gasteiger partial charge in [-0.25, -0.2) is 4.79 Å². The number of amides is 2. The van der Waals surface area contributed by atoms with E-state index in [1.165, 1.54) is 0 Å². The fraction of sp³-hybridized carbons (Fsp3) is 0.316. The Balaban J connectivity index is 1.53. The van der Waals surface area contributed by atoms with Crippen molar-refractivity contribution in [3.8, 4) is 11.5 Å². The molecule has 6 heteroatoms. The molecule has 0 aliphatic carbocycles. The summed E-state index contributed by atoms with van der Waals surface area (Å²) in [5.41, 5.74) is 1.77. The highest BCUT2D eigenvalue weighted by Gasteiger charge is 2.31. The van der Waals surface area contributed by atoms with Crippen LogP contribution in [0.4, 0.5) is 10.5 Å². The number of nitrogens with zero attached hydrogens (tertiary/aromatic N) is 1. The first-order valence-corrected chi connectivity index (χ1v) is 8.81. The summed E-state index contributed by atoms with van der Waals surface area (Å²) in [4.78, 5) is 14.6. The van der Waals surface area contributed by atoms with E-state index in [0.717, 1.165) is 36.4 Å². The number of anilines is 1. The Hall–Kier alpha value is -2.40. The van der Waals surface area contributed by atoms with Gasteiger partial charge in [-0.3, -0.25) is 0 Å². The first-order chi connectivity index (χ1) is 12.2. The molecule has 2 heterocycles. The second-order valence-corrected chi connectivity index (χ2v) is 6.63. The molecule has 0 bridgehead atoms. The number of nitrogens with one attached hydrogen (secondary N) is 1. The van der Waals surface area contributed by atoms with Crippen molar-refractivity contribution in [2.75, 3.05) is 25.1 Å². The summed E-state index contributed by atoms with van der Waals surface area (Å²) >= 11 is 5.99. The lowest BCUT2D eigenvalue weighted by molar-refractivity contribution is 0.170. The van der Waals surface area contributed by atoms with Gasteiger partial charge in [0.05, 0.1) is 6.04 Å². The molecule has 2 aromatic carbocycles. The van der Waals surface area contributed by atoms with Crippen LogP contribution in [0.15, 0.2) is 42.5 Å². The summed E-state index contributed by atoms with van der Waals surface area (Å²) in [7, 11) is 0. The zero-order valence-electron chi connectivity index (χ0n) is 13.7. The summed E-state index contributed by atoms with van der Waals surface area (Å²) in [6, 6.07) is 13.0. The quantitative estimate of drug-likeness (QED) is 0.861. The van der Waals surface area contributed by atoms with Crippen molar-refractivity contribution in [1.82, 2.24) is 4.90 Å². The van der Waals surface area contributed by atoms with Crippen LogP contribution in [0.5, 0.6) is 11.5 Å². The molecule has 1 saturated heterocycles. The molecule has 0 saturated carbocycles. The van der Waals surface area contributed by atoms with Crippen molar-refractivity contribution < 1.29 is 14.3 Å². The van der Waals surface area contributed by atoms with E-state index in [0.29, 0.717) is 23.9 Å². The first kappa shape index (κ1) is 16.1. The maximum atomic E-state index is 12.7. The van der Waals surface area contributed by atoms with E-state index < -0.39 is 0 Å². The molecule has 2 aromatic rings. The lowest BCUT2D eigenvalue weighted by Gasteiger charge is -2.27. The minimum atomic E-state index is -0.111. The van der Waals surface area contributed by atoms with Gasteiger partial charge in [0.25, 0.3) is 0 Å². The number of halogens is 1. The van der Waals surface area contributed by atoms with Crippen LogP contribution in [0.1, 0.15) is 24.4 Å². The predicted molar refractivity (Wildman–Crippen MR) is 96.6 cm³/mol. The molecule has 0 spiro atoms. The molecule has 0 aromatic heterocycles. The van der Waals surface area contributed by atoms with Gasteiger partial charge in [0.2, 0.25) is 0 Å². The second-order valence-electron chi connectivity index (χ2n) is 6.20. The summed E-state index contributed by atoms with van der Waals surface area (Å²) in [5, 5.41) is 3.53. The van der Waals surface area contributed by atoms with Crippen LogP contribution in [-0.4, -0.2) is 30.7 Å². The van der Waals surface area contributed by atoms with E-state index in [1.54, 1.807) is 12.1 Å². The number of fused-ring (bicyclic) bond motifs is 1. The van der Waals surface area contributed by atoms with Crippen molar-refractivity contribution in [3.05, 3.63) is 53.1 Å². The maximum absolute atomic E-state index is 12.7. The van der Waals surface area contributed by atoms with Crippen LogP contribution in [0, 0.1) is 0 Å². The molecule has 130 valence electrons. The smallest absolute Gasteiger partial charge is 0.322 e. The Morgan fingerprint density at radius 1 is 1.12 bits per heavy atom. The van der Waals surface area contributed by atoms with E-state index in [1.807, 2.05) is 35.2 Å². The van der Waals surface area contributed by atoms with Gasteiger partial charge in [0, 0.05) is 17.3 Å². The molecule has 1 N–H and O–H groups in total. The highest BCUT2D eigenvalue weighted by Crippen LogP contribution is 2.38. The topological polar surface area (TPSA) is 50.8 Å². The van der Waals surface area contributed by atoms with E-state index >= 15 is 0 Å². The lowest BCUT2D eigenvalue weighted by atomic mass is 10.0. The number of carbonyl (C=O) groups excluding carboxylic acids is 1. The van der Waals surface area contributed by atoms with Gasteiger partial charge in [-0.2, -0.15) is 0 Å². The Bertz CT molecular complexity index is 796. The highest BCUT2D eigenvalue weighted by molar-refractivity contribution is 6.30. The molecule has 2 amide bonds. The molecule has 1 fully saturated rings. The van der Waals surface area contributed by atoms with Crippen molar-refractivity contribution in [2.24, 2.45) is 0 Å². The summed E-state index contributed by atoms with van der Waals surface area (Å²) in [6.45, 7) is 1.86. The third-order valence-corrected chi connectivity index (χ3v) is 4.78. The maximum Gasteiger partial charge on any atom is 0.322 e. The van der Waals surface area contributed by atoms with E-state index in [2.05, 4.69) is 5.32 Å². The number of ether oxygens (including phenoxy) is 2. The molecule has 0 unspecified atom stereocenters. The van der Waals surface area contributed by atoms with Gasteiger partial charge in [-0.05, 0) is 48.7 Å². The van der Waals surface area contributed by atoms with Crippen molar-refractivity contribution in [3.63, 3.8) is 0 Å². The highest BCUT2D eigenvalue weighted by atomic mass is 35.5. The number of hydrogen-bond acceptors (Lipinski definition) is 3. The van der Waals surface area contributed by atoms with Gasteiger partial charge < -0.3 is 19.7 Å². The SMILES string of the molecule is O=C(Nc1cccc(Cl)c1)N1CCC[C@H]1c1ccc2c(c1)OCCO2. The first-order valence-electron chi connectivity index (χ1n) is 8.43. The lowest BCUT2D eigenvalue weighted by Crippen LogP contribution is -2.34. The van der Waals surface area contributed by atoms with Crippen molar-refractivity contribution >= 4 is 23.3 Å². The summed E-state index contributed by atoms with van der Waals surface area (Å²) < 4.78 is 11.2. The van der Waals surface area contributed by atoms with Gasteiger partial charge in [0.1, 0.15) is 13.2 Å². The molecule has 5 nitrogen and oxygen atoms in total. The third-order valence-electron chi connectivity index (χ3n) is 4.54. The zero-order chi connectivity index (χ0) is 17.2. The average Bonchev–Trinajstić information content (AvgIpc) is 3.11. The number of hydrogen-bond donors (Lipinski definition) is 1. The van der Waals surface area contributed by atoms with Crippen molar-refractivity contribution in [1.29, 1.82) is 0 Å². The number of carbonyl (C=O) groups is 1. The van der Waals surface area contributed by atoms with Gasteiger partial charge in [0.15, 0.2) is 11.5 Å². The van der Waals surface area contributed by atoms with Gasteiger partial charge in [-0.1, -0.05) is 23.7 Å². The molecular formula is C19H19ClN2O3. The third kappa shape index (κ3) is 3.37. The minimum Gasteiger partial charge on any atom is -0.486 e. The fourth-order valence-corrected chi connectivity index (χ4v) is 3.58. The Morgan fingerprint density at radius 3 is 2.80 bits per heavy atom. The van der Waals surface area contributed by atoms with Crippen LogP contribution in [-0.2, 0) is 0 Å². The molecular weight excluding hydrogens is 340 g/mol. The number of urea groups is 1. The Labute approximate surface area is 151 Å². The van der Waals surface area contributed by atoms with Gasteiger partial charge >= 0.3 is 6.03 Å². The standard InChI is InChI=1S/C19H19ClN2O3/c20-14-3-1-4-15(12-14)21-19(23)22-8-2-5-16(22)13-6-7-17-18(11-13)25-10-9-24-17/h1,3-4,6-7,11-12,16H,2,5,8-10H2,(H,21,23)/t16-/m0/s1. The summed E-state index contributed by atoms with van der Waals surface area (Å²) in [6.07, 6.45) is 1.91.